The number of hydrogen-bond acceptors (Lipinski definition) is 3. The van der Waals surface area contributed by atoms with E-state index in [1.807, 2.05) is 54.6 Å². The molecule has 1 heterocycles. The molecule has 0 saturated carbocycles. The number of carbonyl (C=O) groups is 1. The summed E-state index contributed by atoms with van der Waals surface area (Å²) in [6.07, 6.45) is 0.887. The first-order valence-electron chi connectivity index (χ1n) is 9.34. The summed E-state index contributed by atoms with van der Waals surface area (Å²) in [5, 5.41) is 13.6. The van der Waals surface area contributed by atoms with Gasteiger partial charge in [0.2, 0.25) is 5.91 Å². The minimum absolute atomic E-state index is 0.0383. The molecule has 3 rings (SSSR count). The summed E-state index contributed by atoms with van der Waals surface area (Å²) >= 11 is 0. The van der Waals surface area contributed by atoms with Gasteiger partial charge in [0.15, 0.2) is 0 Å². The molecule has 2 N–H and O–H groups in total. The third-order valence-corrected chi connectivity index (χ3v) is 5.15. The van der Waals surface area contributed by atoms with Gasteiger partial charge in [-0.3, -0.25) is 4.79 Å². The first kappa shape index (κ1) is 18.5. The summed E-state index contributed by atoms with van der Waals surface area (Å²) in [6.45, 7) is 5.00. The maximum Gasteiger partial charge on any atom is 0.228 e. The highest BCUT2D eigenvalue weighted by molar-refractivity contribution is 5.85. The Morgan fingerprint density at radius 2 is 1.81 bits per heavy atom. The van der Waals surface area contributed by atoms with Crippen LogP contribution < -0.4 is 10.1 Å². The van der Waals surface area contributed by atoms with Crippen LogP contribution in [0.15, 0.2) is 54.6 Å². The highest BCUT2D eigenvalue weighted by Gasteiger charge is 2.36. The van der Waals surface area contributed by atoms with E-state index in [4.69, 9.17) is 4.74 Å². The molecule has 0 unspecified atom stereocenters. The zero-order valence-corrected chi connectivity index (χ0v) is 15.4. The first-order chi connectivity index (χ1) is 12.6. The van der Waals surface area contributed by atoms with E-state index in [0.29, 0.717) is 18.9 Å². The van der Waals surface area contributed by atoms with Crippen molar-refractivity contribution in [3.63, 3.8) is 0 Å². The molecule has 1 saturated heterocycles. The Balaban J connectivity index is 1.66. The number of aliphatic hydroxyl groups is 1. The zero-order valence-electron chi connectivity index (χ0n) is 15.4. The Morgan fingerprint density at radius 1 is 1.12 bits per heavy atom. The van der Waals surface area contributed by atoms with Crippen molar-refractivity contribution in [1.29, 1.82) is 0 Å². The second-order valence-corrected chi connectivity index (χ2v) is 7.15. The highest BCUT2D eigenvalue weighted by atomic mass is 16.5. The van der Waals surface area contributed by atoms with Gasteiger partial charge in [0.25, 0.3) is 0 Å². The summed E-state index contributed by atoms with van der Waals surface area (Å²) in [5.74, 6) is 0.987. The van der Waals surface area contributed by atoms with Gasteiger partial charge in [-0.25, -0.2) is 0 Å². The Morgan fingerprint density at radius 3 is 2.46 bits per heavy atom. The third kappa shape index (κ3) is 4.25. The van der Waals surface area contributed by atoms with Crippen LogP contribution in [0.3, 0.4) is 0 Å². The lowest BCUT2D eigenvalue weighted by Crippen LogP contribution is -2.45. The number of aliphatic hydroxyl groups excluding tert-OH is 1. The van der Waals surface area contributed by atoms with Crippen molar-refractivity contribution in [2.24, 2.45) is 5.92 Å². The topological polar surface area (TPSA) is 58.6 Å². The van der Waals surface area contributed by atoms with Gasteiger partial charge >= 0.3 is 0 Å². The van der Waals surface area contributed by atoms with Crippen molar-refractivity contribution in [3.8, 4) is 5.75 Å². The Bertz CT molecular complexity index is 714. The van der Waals surface area contributed by atoms with Crippen LogP contribution in [-0.4, -0.2) is 23.7 Å². The fourth-order valence-electron chi connectivity index (χ4n) is 3.24. The van der Waals surface area contributed by atoms with E-state index in [0.717, 1.165) is 23.3 Å². The molecule has 0 aromatic heterocycles. The molecule has 2 aromatic carbocycles. The van der Waals surface area contributed by atoms with Crippen molar-refractivity contribution < 1.29 is 14.6 Å². The van der Waals surface area contributed by atoms with Gasteiger partial charge in [0.05, 0.1) is 24.7 Å². The van der Waals surface area contributed by atoms with Crippen molar-refractivity contribution in [2.45, 2.75) is 44.8 Å². The average Bonchev–Trinajstić information content (AvgIpc) is 2.68. The van der Waals surface area contributed by atoms with Gasteiger partial charge in [0, 0.05) is 0 Å². The molecule has 1 fully saturated rings. The van der Waals surface area contributed by atoms with Gasteiger partial charge in [-0.1, -0.05) is 62.7 Å². The summed E-state index contributed by atoms with van der Waals surface area (Å²) in [5.41, 5.74) is 1.84. The number of benzene rings is 2. The average molecular weight is 353 g/mol. The van der Waals surface area contributed by atoms with Crippen molar-refractivity contribution in [1.82, 2.24) is 5.32 Å². The lowest BCUT2D eigenvalue weighted by Gasteiger charge is -2.34. The minimum Gasteiger partial charge on any atom is -0.493 e. The fourth-order valence-corrected chi connectivity index (χ4v) is 3.24. The van der Waals surface area contributed by atoms with Crippen LogP contribution in [0.2, 0.25) is 0 Å². The second-order valence-electron chi connectivity index (χ2n) is 7.15. The maximum absolute atomic E-state index is 12.6. The van der Waals surface area contributed by atoms with E-state index in [-0.39, 0.29) is 17.9 Å². The highest BCUT2D eigenvalue weighted by Crippen LogP contribution is 2.33. The standard InChI is InChI=1S/C22H27NO3/c1-3-15(2)14-26-18-11-9-17(10-12-18)21-20(24)13-19(22(25)23-21)16-7-5-4-6-8-16/h4-12,15,19-21,24H,3,13-14H2,1-2H3,(H,23,25)/t15-,19-,20+,21+/m0/s1. The molecule has 0 aliphatic carbocycles. The molecule has 1 aliphatic rings. The Hall–Kier alpha value is -2.33. The van der Waals surface area contributed by atoms with Gasteiger partial charge in [-0.2, -0.15) is 0 Å². The lowest BCUT2D eigenvalue weighted by molar-refractivity contribution is -0.128. The molecule has 4 nitrogen and oxygen atoms in total. The van der Waals surface area contributed by atoms with E-state index in [2.05, 4.69) is 19.2 Å². The van der Waals surface area contributed by atoms with Crippen LogP contribution in [0.5, 0.6) is 5.75 Å². The quantitative estimate of drug-likeness (QED) is 0.830. The van der Waals surface area contributed by atoms with Crippen LogP contribution >= 0.6 is 0 Å². The number of amides is 1. The number of nitrogens with one attached hydrogen (secondary N) is 1. The van der Waals surface area contributed by atoms with Crippen LogP contribution in [0.25, 0.3) is 0 Å². The lowest BCUT2D eigenvalue weighted by atomic mass is 9.84. The van der Waals surface area contributed by atoms with Crippen LogP contribution in [-0.2, 0) is 4.79 Å². The second kappa shape index (κ2) is 8.37. The summed E-state index contributed by atoms with van der Waals surface area (Å²) < 4.78 is 5.77. The predicted molar refractivity (Wildman–Crippen MR) is 102 cm³/mol. The van der Waals surface area contributed by atoms with E-state index in [1.54, 1.807) is 0 Å². The molecule has 26 heavy (non-hydrogen) atoms. The molecule has 4 atom stereocenters. The van der Waals surface area contributed by atoms with Gasteiger partial charge in [-0.15, -0.1) is 0 Å². The smallest absolute Gasteiger partial charge is 0.228 e. The molecular formula is C22H27NO3. The molecule has 1 aliphatic heterocycles. The summed E-state index contributed by atoms with van der Waals surface area (Å²) in [4.78, 5) is 12.6. The summed E-state index contributed by atoms with van der Waals surface area (Å²) in [7, 11) is 0. The minimum atomic E-state index is -0.621. The van der Waals surface area contributed by atoms with E-state index in [9.17, 15) is 9.90 Å². The van der Waals surface area contributed by atoms with Crippen molar-refractivity contribution in [2.75, 3.05) is 6.61 Å². The van der Waals surface area contributed by atoms with E-state index in [1.165, 1.54) is 0 Å². The SMILES string of the molecule is CC[C@H](C)COc1ccc([C@H]2NC(=O)[C@H](c3ccccc3)C[C@H]2O)cc1. The molecule has 0 spiro atoms. The largest absolute Gasteiger partial charge is 0.493 e. The first-order valence-corrected chi connectivity index (χ1v) is 9.34. The fraction of sp³-hybridized carbons (Fsp3) is 0.409. The predicted octanol–water partition coefficient (Wildman–Crippen LogP) is 3.82. The number of hydrogen-bond donors (Lipinski definition) is 2. The van der Waals surface area contributed by atoms with Crippen molar-refractivity contribution >= 4 is 5.91 Å². The monoisotopic (exact) mass is 353 g/mol. The normalized spacial score (nSPS) is 24.0. The van der Waals surface area contributed by atoms with Crippen LogP contribution in [0.4, 0.5) is 0 Å². The van der Waals surface area contributed by atoms with Crippen molar-refractivity contribution in [3.05, 3.63) is 65.7 Å². The van der Waals surface area contributed by atoms with E-state index < -0.39 is 6.10 Å². The summed E-state index contributed by atoms with van der Waals surface area (Å²) in [6, 6.07) is 16.9. The van der Waals surface area contributed by atoms with Gasteiger partial charge in [-0.05, 0) is 35.6 Å². The van der Waals surface area contributed by atoms with Crippen LogP contribution in [0, 0.1) is 5.92 Å². The number of carbonyl (C=O) groups excluding carboxylic acids is 1. The maximum atomic E-state index is 12.6. The molecular weight excluding hydrogens is 326 g/mol. The molecule has 138 valence electrons. The number of piperidine rings is 1. The Kier molecular flexibility index (Phi) is 5.94. The molecule has 4 heteroatoms. The van der Waals surface area contributed by atoms with Gasteiger partial charge in [0.1, 0.15) is 5.75 Å². The molecule has 0 radical (unpaired) electrons. The Labute approximate surface area is 155 Å². The third-order valence-electron chi connectivity index (χ3n) is 5.15. The number of rotatable bonds is 6. The number of ether oxygens (including phenoxy) is 1. The van der Waals surface area contributed by atoms with Crippen LogP contribution in [0.1, 0.15) is 49.8 Å². The zero-order chi connectivity index (χ0) is 18.5. The molecule has 2 aromatic rings. The molecule has 0 bridgehead atoms. The molecule has 1 amide bonds. The van der Waals surface area contributed by atoms with Gasteiger partial charge < -0.3 is 15.2 Å². The van der Waals surface area contributed by atoms with E-state index >= 15 is 0 Å².